The first-order chi connectivity index (χ1) is 8.34. The molecular weight excluding hydrogens is 269 g/mol. The van der Waals surface area contributed by atoms with Gasteiger partial charge in [0.05, 0.1) is 0 Å². The van der Waals surface area contributed by atoms with Crippen molar-refractivity contribution in [2.24, 2.45) is 0 Å². The predicted octanol–water partition coefficient (Wildman–Crippen LogP) is 3.03. The van der Waals surface area contributed by atoms with Crippen LogP contribution in [-0.4, -0.2) is 37.2 Å². The number of rotatable bonds is 10. The van der Waals surface area contributed by atoms with Gasteiger partial charge in [0, 0.05) is 0 Å². The first kappa shape index (κ1) is 17.4. The standard InChI is InChI=1S/C11H19F3O3S/c1-2-3-4-5-6-7-10(18(15,16)17)11(14)9(13)8-12/h2,9-11H,1,3-8H2,(H,15,16,17). The van der Waals surface area contributed by atoms with E-state index in [1.54, 1.807) is 6.08 Å². The van der Waals surface area contributed by atoms with Gasteiger partial charge in [0.15, 0.2) is 12.3 Å². The van der Waals surface area contributed by atoms with Gasteiger partial charge in [0.2, 0.25) is 0 Å². The number of hydrogen-bond donors (Lipinski definition) is 1. The van der Waals surface area contributed by atoms with Crippen molar-refractivity contribution >= 4 is 10.1 Å². The second-order valence-electron chi connectivity index (χ2n) is 4.09. The molecule has 0 aromatic heterocycles. The highest BCUT2D eigenvalue weighted by molar-refractivity contribution is 7.86. The van der Waals surface area contributed by atoms with E-state index in [2.05, 4.69) is 6.58 Å². The van der Waals surface area contributed by atoms with Gasteiger partial charge in [-0.15, -0.1) is 6.58 Å². The maximum absolute atomic E-state index is 13.4. The van der Waals surface area contributed by atoms with Gasteiger partial charge in [0.1, 0.15) is 11.9 Å². The lowest BCUT2D eigenvalue weighted by atomic mass is 10.1. The predicted molar refractivity (Wildman–Crippen MR) is 64.4 cm³/mol. The van der Waals surface area contributed by atoms with Crippen LogP contribution in [0.15, 0.2) is 12.7 Å². The summed E-state index contributed by atoms with van der Waals surface area (Å²) < 4.78 is 68.8. The Kier molecular flexibility index (Phi) is 8.26. The van der Waals surface area contributed by atoms with E-state index in [9.17, 15) is 21.6 Å². The molecule has 0 saturated heterocycles. The zero-order chi connectivity index (χ0) is 14.2. The molecule has 0 radical (unpaired) electrons. The summed E-state index contributed by atoms with van der Waals surface area (Å²) in [6.07, 6.45) is -1.17. The zero-order valence-electron chi connectivity index (χ0n) is 10.1. The SMILES string of the molecule is C=CCCCCCC(C(F)C(F)CF)S(=O)(=O)O. The quantitative estimate of drug-likeness (QED) is 0.382. The number of halogens is 3. The molecule has 0 aliphatic carbocycles. The third kappa shape index (κ3) is 6.39. The van der Waals surface area contributed by atoms with E-state index in [0.29, 0.717) is 12.8 Å². The van der Waals surface area contributed by atoms with E-state index < -0.39 is 34.4 Å². The van der Waals surface area contributed by atoms with Crippen LogP contribution < -0.4 is 0 Å². The number of hydrogen-bond acceptors (Lipinski definition) is 2. The first-order valence-corrected chi connectivity index (χ1v) is 7.26. The molecule has 0 heterocycles. The maximum atomic E-state index is 13.4. The number of unbranched alkanes of at least 4 members (excludes halogenated alkanes) is 3. The molecule has 0 saturated carbocycles. The van der Waals surface area contributed by atoms with Crippen molar-refractivity contribution in [2.45, 2.75) is 49.7 Å². The van der Waals surface area contributed by atoms with Crippen LogP contribution >= 0.6 is 0 Å². The van der Waals surface area contributed by atoms with Gasteiger partial charge in [0.25, 0.3) is 10.1 Å². The Bertz CT molecular complexity index is 332. The third-order valence-electron chi connectivity index (χ3n) is 2.63. The van der Waals surface area contributed by atoms with Crippen LogP contribution in [-0.2, 0) is 10.1 Å². The van der Waals surface area contributed by atoms with Crippen molar-refractivity contribution in [3.63, 3.8) is 0 Å². The summed E-state index contributed by atoms with van der Waals surface area (Å²) in [6.45, 7) is 1.90. The van der Waals surface area contributed by atoms with Crippen molar-refractivity contribution in [2.75, 3.05) is 6.67 Å². The van der Waals surface area contributed by atoms with Gasteiger partial charge in [-0.2, -0.15) is 8.42 Å². The van der Waals surface area contributed by atoms with Crippen LogP contribution in [0.1, 0.15) is 32.1 Å². The highest BCUT2D eigenvalue weighted by atomic mass is 32.2. The van der Waals surface area contributed by atoms with Crippen molar-refractivity contribution in [1.82, 2.24) is 0 Å². The van der Waals surface area contributed by atoms with Gasteiger partial charge >= 0.3 is 0 Å². The molecule has 108 valence electrons. The monoisotopic (exact) mass is 288 g/mol. The fraction of sp³-hybridized carbons (Fsp3) is 0.818. The summed E-state index contributed by atoms with van der Waals surface area (Å²) in [5, 5.41) is -1.90. The molecule has 3 atom stereocenters. The minimum atomic E-state index is -4.71. The molecule has 0 aliphatic heterocycles. The summed E-state index contributed by atoms with van der Waals surface area (Å²) in [6, 6.07) is 0. The average Bonchev–Trinajstić information content (AvgIpc) is 2.30. The van der Waals surface area contributed by atoms with E-state index in [1.807, 2.05) is 0 Å². The summed E-state index contributed by atoms with van der Waals surface area (Å²) in [7, 11) is -4.71. The Morgan fingerprint density at radius 1 is 1.22 bits per heavy atom. The minimum absolute atomic E-state index is 0.225. The Morgan fingerprint density at radius 2 is 1.83 bits per heavy atom. The van der Waals surface area contributed by atoms with Crippen molar-refractivity contribution in [1.29, 1.82) is 0 Å². The van der Waals surface area contributed by atoms with E-state index >= 15 is 0 Å². The van der Waals surface area contributed by atoms with Gasteiger partial charge < -0.3 is 0 Å². The van der Waals surface area contributed by atoms with Crippen LogP contribution in [0.5, 0.6) is 0 Å². The van der Waals surface area contributed by atoms with E-state index in [4.69, 9.17) is 4.55 Å². The maximum Gasteiger partial charge on any atom is 0.270 e. The van der Waals surface area contributed by atoms with Crippen LogP contribution in [0.25, 0.3) is 0 Å². The normalized spacial score (nSPS) is 17.1. The fourth-order valence-corrected chi connectivity index (χ4v) is 2.57. The Hall–Kier alpha value is -0.560. The molecule has 0 bridgehead atoms. The second kappa shape index (κ2) is 8.53. The molecule has 3 unspecified atom stereocenters. The lowest BCUT2D eigenvalue weighted by molar-refractivity contribution is 0.127. The largest absolute Gasteiger partial charge is 0.285 e. The molecule has 7 heteroatoms. The molecule has 0 rings (SSSR count). The molecule has 0 aromatic carbocycles. The molecular formula is C11H19F3O3S. The third-order valence-corrected chi connectivity index (χ3v) is 3.89. The summed E-state index contributed by atoms with van der Waals surface area (Å²) in [4.78, 5) is 0. The summed E-state index contributed by atoms with van der Waals surface area (Å²) in [5.74, 6) is 0. The highest BCUT2D eigenvalue weighted by Crippen LogP contribution is 2.21. The van der Waals surface area contributed by atoms with Crippen LogP contribution in [0, 0.1) is 0 Å². The van der Waals surface area contributed by atoms with Crippen molar-refractivity contribution in [3.8, 4) is 0 Å². The first-order valence-electron chi connectivity index (χ1n) is 5.75. The molecule has 18 heavy (non-hydrogen) atoms. The lowest BCUT2D eigenvalue weighted by Crippen LogP contribution is -2.38. The zero-order valence-corrected chi connectivity index (χ0v) is 10.9. The molecule has 3 nitrogen and oxygen atoms in total. The van der Waals surface area contributed by atoms with Gasteiger partial charge in [-0.3, -0.25) is 4.55 Å². The molecule has 0 fully saturated rings. The Balaban J connectivity index is 4.39. The van der Waals surface area contributed by atoms with Crippen LogP contribution in [0.2, 0.25) is 0 Å². The topological polar surface area (TPSA) is 54.4 Å². The second-order valence-corrected chi connectivity index (χ2v) is 5.73. The van der Waals surface area contributed by atoms with Crippen LogP contribution in [0.3, 0.4) is 0 Å². The lowest BCUT2D eigenvalue weighted by Gasteiger charge is -2.19. The Labute approximate surface area is 106 Å². The summed E-state index contributed by atoms with van der Waals surface area (Å²) in [5.41, 5.74) is 0. The molecule has 1 N–H and O–H groups in total. The van der Waals surface area contributed by atoms with E-state index in [-0.39, 0.29) is 6.42 Å². The van der Waals surface area contributed by atoms with Gasteiger partial charge in [-0.05, 0) is 19.3 Å². The minimum Gasteiger partial charge on any atom is -0.285 e. The van der Waals surface area contributed by atoms with Gasteiger partial charge in [-0.1, -0.05) is 18.9 Å². The molecule has 0 aromatic rings. The fourth-order valence-electron chi connectivity index (χ4n) is 1.60. The molecule has 0 aliphatic rings. The number of alkyl halides is 3. The smallest absolute Gasteiger partial charge is 0.270 e. The molecule has 0 spiro atoms. The van der Waals surface area contributed by atoms with E-state index in [0.717, 1.165) is 12.8 Å². The van der Waals surface area contributed by atoms with Crippen molar-refractivity contribution in [3.05, 3.63) is 12.7 Å². The highest BCUT2D eigenvalue weighted by Gasteiger charge is 2.37. The average molecular weight is 288 g/mol. The van der Waals surface area contributed by atoms with Gasteiger partial charge in [-0.25, -0.2) is 13.2 Å². The molecule has 0 amide bonds. The summed E-state index contributed by atoms with van der Waals surface area (Å²) >= 11 is 0. The number of allylic oxidation sites excluding steroid dienone is 1. The Morgan fingerprint density at radius 3 is 2.28 bits per heavy atom. The van der Waals surface area contributed by atoms with E-state index in [1.165, 1.54) is 0 Å². The van der Waals surface area contributed by atoms with Crippen LogP contribution in [0.4, 0.5) is 13.2 Å². The van der Waals surface area contributed by atoms with Crippen molar-refractivity contribution < 1.29 is 26.1 Å².